The number of methoxy groups -OCH3 is 1. The van der Waals surface area contributed by atoms with Gasteiger partial charge >= 0.3 is 0 Å². The van der Waals surface area contributed by atoms with Gasteiger partial charge in [0.2, 0.25) is 5.91 Å². The molecule has 6 heteroatoms. The molecule has 1 aliphatic rings. The quantitative estimate of drug-likeness (QED) is 0.818. The minimum Gasteiger partial charge on any atom is -0.385 e. The van der Waals surface area contributed by atoms with E-state index in [1.807, 2.05) is 12.1 Å². The number of nitrogens with zero attached hydrogens (tertiary/aromatic N) is 2. The number of amides is 1. The SMILES string of the molecule is COCCCNC(=O)C1CCN(c2ccnc3c(F)cccc23)CC1. The van der Waals surface area contributed by atoms with Crippen LogP contribution in [0.5, 0.6) is 0 Å². The van der Waals surface area contributed by atoms with Gasteiger partial charge < -0.3 is 15.0 Å². The molecule has 5 nitrogen and oxygen atoms in total. The van der Waals surface area contributed by atoms with Crippen LogP contribution in [0.2, 0.25) is 0 Å². The van der Waals surface area contributed by atoms with Crippen molar-refractivity contribution in [3.63, 3.8) is 0 Å². The third-order valence-electron chi connectivity index (χ3n) is 4.73. The predicted octanol–water partition coefficient (Wildman–Crippen LogP) is 2.74. The Bertz CT molecular complexity index is 730. The first-order valence-corrected chi connectivity index (χ1v) is 8.75. The molecule has 0 bridgehead atoms. The van der Waals surface area contributed by atoms with Gasteiger partial charge in [0.15, 0.2) is 0 Å². The van der Waals surface area contributed by atoms with E-state index < -0.39 is 0 Å². The summed E-state index contributed by atoms with van der Waals surface area (Å²) in [6.45, 7) is 2.88. The molecule has 134 valence electrons. The third-order valence-corrected chi connectivity index (χ3v) is 4.73. The van der Waals surface area contributed by atoms with Gasteiger partial charge in [-0.25, -0.2) is 4.39 Å². The summed E-state index contributed by atoms with van der Waals surface area (Å²) in [5.41, 5.74) is 1.39. The Morgan fingerprint density at radius 2 is 2.16 bits per heavy atom. The van der Waals surface area contributed by atoms with Gasteiger partial charge in [0.25, 0.3) is 0 Å². The molecule has 1 aliphatic heterocycles. The van der Waals surface area contributed by atoms with E-state index in [4.69, 9.17) is 4.74 Å². The number of carbonyl (C=O) groups is 1. The van der Waals surface area contributed by atoms with E-state index in [1.165, 1.54) is 6.07 Å². The number of para-hydroxylation sites is 1. The highest BCUT2D eigenvalue weighted by molar-refractivity contribution is 5.92. The molecule has 1 fully saturated rings. The molecule has 1 saturated heterocycles. The molecule has 0 aliphatic carbocycles. The number of hydrogen-bond donors (Lipinski definition) is 1. The van der Waals surface area contributed by atoms with Gasteiger partial charge in [-0.05, 0) is 31.4 Å². The van der Waals surface area contributed by atoms with Crippen molar-refractivity contribution >= 4 is 22.5 Å². The second-order valence-electron chi connectivity index (χ2n) is 6.36. The summed E-state index contributed by atoms with van der Waals surface area (Å²) < 4.78 is 18.9. The molecule has 0 unspecified atom stereocenters. The molecule has 0 spiro atoms. The molecule has 1 N–H and O–H groups in total. The monoisotopic (exact) mass is 345 g/mol. The van der Waals surface area contributed by atoms with Crippen molar-refractivity contribution in [1.82, 2.24) is 10.3 Å². The molecule has 1 amide bonds. The van der Waals surface area contributed by atoms with E-state index in [2.05, 4.69) is 15.2 Å². The van der Waals surface area contributed by atoms with Gasteiger partial charge in [-0.15, -0.1) is 0 Å². The molecule has 1 aromatic carbocycles. The Labute approximate surface area is 147 Å². The summed E-state index contributed by atoms with van der Waals surface area (Å²) >= 11 is 0. The highest BCUT2D eigenvalue weighted by Crippen LogP contribution is 2.30. The van der Waals surface area contributed by atoms with Crippen LogP contribution in [0.1, 0.15) is 19.3 Å². The van der Waals surface area contributed by atoms with E-state index in [-0.39, 0.29) is 17.6 Å². The molecular weight excluding hydrogens is 321 g/mol. The average Bonchev–Trinajstić information content (AvgIpc) is 2.65. The zero-order valence-corrected chi connectivity index (χ0v) is 14.5. The van der Waals surface area contributed by atoms with Gasteiger partial charge in [0.05, 0.1) is 0 Å². The van der Waals surface area contributed by atoms with Gasteiger partial charge in [-0.2, -0.15) is 0 Å². The summed E-state index contributed by atoms with van der Waals surface area (Å²) in [6.07, 6.45) is 4.08. The number of halogens is 1. The zero-order chi connectivity index (χ0) is 17.6. The molecule has 2 aromatic rings. The second kappa shape index (κ2) is 8.25. The molecule has 0 saturated carbocycles. The van der Waals surface area contributed by atoms with Crippen molar-refractivity contribution in [2.75, 3.05) is 38.3 Å². The maximum absolute atomic E-state index is 13.9. The van der Waals surface area contributed by atoms with Gasteiger partial charge in [-0.1, -0.05) is 12.1 Å². The normalized spacial score (nSPS) is 15.5. The Balaban J connectivity index is 1.61. The van der Waals surface area contributed by atoms with Crippen LogP contribution in [0, 0.1) is 11.7 Å². The molecular formula is C19H24FN3O2. The maximum Gasteiger partial charge on any atom is 0.223 e. The van der Waals surface area contributed by atoms with Gasteiger partial charge in [-0.3, -0.25) is 9.78 Å². The average molecular weight is 345 g/mol. The standard InChI is InChI=1S/C19H24FN3O2/c1-25-13-3-9-22-19(24)14-7-11-23(12-8-14)17-6-10-21-18-15(17)4-2-5-16(18)20/h2,4-6,10,14H,3,7-9,11-13H2,1H3,(H,22,24). The van der Waals surface area contributed by atoms with Crippen molar-refractivity contribution < 1.29 is 13.9 Å². The van der Waals surface area contributed by atoms with Crippen LogP contribution in [-0.4, -0.2) is 44.2 Å². The highest BCUT2D eigenvalue weighted by atomic mass is 19.1. The maximum atomic E-state index is 13.9. The molecule has 3 rings (SSSR count). The number of nitrogens with one attached hydrogen (secondary N) is 1. The lowest BCUT2D eigenvalue weighted by Crippen LogP contribution is -2.41. The third kappa shape index (κ3) is 4.07. The summed E-state index contributed by atoms with van der Waals surface area (Å²) in [5, 5.41) is 3.81. The Kier molecular flexibility index (Phi) is 5.81. The van der Waals surface area contributed by atoms with Crippen LogP contribution in [0.25, 0.3) is 10.9 Å². The first kappa shape index (κ1) is 17.6. The van der Waals surface area contributed by atoms with E-state index in [1.54, 1.807) is 19.4 Å². The van der Waals surface area contributed by atoms with Crippen molar-refractivity contribution in [3.8, 4) is 0 Å². The van der Waals surface area contributed by atoms with Crippen LogP contribution in [0.4, 0.5) is 10.1 Å². The molecule has 0 atom stereocenters. The fraction of sp³-hybridized carbons (Fsp3) is 0.474. The second-order valence-corrected chi connectivity index (χ2v) is 6.36. The number of pyridine rings is 1. The van der Waals surface area contributed by atoms with Crippen molar-refractivity contribution in [1.29, 1.82) is 0 Å². The fourth-order valence-corrected chi connectivity index (χ4v) is 3.36. The first-order valence-electron chi connectivity index (χ1n) is 8.75. The molecule has 2 heterocycles. The molecule has 0 radical (unpaired) electrons. The van der Waals surface area contributed by atoms with E-state index in [0.29, 0.717) is 18.7 Å². The lowest BCUT2D eigenvalue weighted by atomic mass is 9.95. The number of aromatic nitrogens is 1. The summed E-state index contributed by atoms with van der Waals surface area (Å²) in [6, 6.07) is 6.96. The first-order chi connectivity index (χ1) is 12.2. The number of carbonyl (C=O) groups excluding carboxylic acids is 1. The predicted molar refractivity (Wildman–Crippen MR) is 96.1 cm³/mol. The smallest absolute Gasteiger partial charge is 0.223 e. The lowest BCUT2D eigenvalue weighted by Gasteiger charge is -2.33. The summed E-state index contributed by atoms with van der Waals surface area (Å²) in [4.78, 5) is 18.6. The van der Waals surface area contributed by atoms with E-state index in [0.717, 1.165) is 43.4 Å². The number of fused-ring (bicyclic) bond motifs is 1. The minimum absolute atomic E-state index is 0.0450. The Morgan fingerprint density at radius 1 is 1.36 bits per heavy atom. The number of ether oxygens (including phenoxy) is 1. The molecule has 25 heavy (non-hydrogen) atoms. The summed E-state index contributed by atoms with van der Waals surface area (Å²) in [5.74, 6) is -0.130. The topological polar surface area (TPSA) is 54.5 Å². The van der Waals surface area contributed by atoms with Crippen LogP contribution in [-0.2, 0) is 9.53 Å². The van der Waals surface area contributed by atoms with Crippen LogP contribution < -0.4 is 10.2 Å². The molecule has 1 aromatic heterocycles. The van der Waals surface area contributed by atoms with Gasteiger partial charge in [0.1, 0.15) is 11.3 Å². The number of benzene rings is 1. The fourth-order valence-electron chi connectivity index (χ4n) is 3.36. The van der Waals surface area contributed by atoms with Crippen LogP contribution >= 0.6 is 0 Å². The van der Waals surface area contributed by atoms with Crippen LogP contribution in [0.3, 0.4) is 0 Å². The zero-order valence-electron chi connectivity index (χ0n) is 14.5. The number of hydrogen-bond acceptors (Lipinski definition) is 4. The van der Waals surface area contributed by atoms with E-state index in [9.17, 15) is 9.18 Å². The highest BCUT2D eigenvalue weighted by Gasteiger charge is 2.25. The summed E-state index contributed by atoms with van der Waals surface area (Å²) in [7, 11) is 1.66. The Morgan fingerprint density at radius 3 is 2.92 bits per heavy atom. The van der Waals surface area contributed by atoms with Gasteiger partial charge in [0, 0.05) is 56.5 Å². The number of rotatable bonds is 6. The van der Waals surface area contributed by atoms with Crippen molar-refractivity contribution in [2.45, 2.75) is 19.3 Å². The van der Waals surface area contributed by atoms with Crippen LogP contribution in [0.15, 0.2) is 30.5 Å². The Hall–Kier alpha value is -2.21. The van der Waals surface area contributed by atoms with Crippen molar-refractivity contribution in [3.05, 3.63) is 36.3 Å². The lowest BCUT2D eigenvalue weighted by molar-refractivity contribution is -0.125. The number of piperidine rings is 1. The van der Waals surface area contributed by atoms with E-state index >= 15 is 0 Å². The largest absolute Gasteiger partial charge is 0.385 e. The number of anilines is 1. The minimum atomic E-state index is -0.301. The van der Waals surface area contributed by atoms with Crippen molar-refractivity contribution in [2.24, 2.45) is 5.92 Å².